The van der Waals surface area contributed by atoms with Crippen LogP contribution in [0.15, 0.2) is 41.1 Å². The summed E-state index contributed by atoms with van der Waals surface area (Å²) in [6.45, 7) is 2.09. The standard InChI is InChI=1S/C19H17F2N3O5/c1-2-24-8-7-12(17(26)27)16(24)14-13(9-19(20,21)18(22)28)29-23-15(14)10-3-5-11(25)6-4-10/h3-8,25H,2,9H2,1H3,(H2,22,28)(H,26,27). The summed E-state index contributed by atoms with van der Waals surface area (Å²) >= 11 is 0. The van der Waals surface area contributed by atoms with E-state index in [2.05, 4.69) is 5.16 Å². The van der Waals surface area contributed by atoms with Gasteiger partial charge in [0.05, 0.1) is 23.2 Å². The lowest BCUT2D eigenvalue weighted by Gasteiger charge is -2.13. The van der Waals surface area contributed by atoms with Crippen molar-refractivity contribution >= 4 is 11.9 Å². The number of hydrogen-bond donors (Lipinski definition) is 3. The zero-order valence-corrected chi connectivity index (χ0v) is 15.2. The van der Waals surface area contributed by atoms with Gasteiger partial charge >= 0.3 is 11.9 Å². The Morgan fingerprint density at radius 1 is 1.24 bits per heavy atom. The summed E-state index contributed by atoms with van der Waals surface area (Å²) in [6, 6.07) is 7.02. The van der Waals surface area contributed by atoms with Crippen molar-refractivity contribution < 1.29 is 33.1 Å². The molecule has 0 radical (unpaired) electrons. The summed E-state index contributed by atoms with van der Waals surface area (Å²) in [6.07, 6.45) is 0.319. The van der Waals surface area contributed by atoms with Gasteiger partial charge in [-0.1, -0.05) is 5.16 Å². The number of nitrogens with zero attached hydrogens (tertiary/aromatic N) is 2. The number of aromatic nitrogens is 2. The average Bonchev–Trinajstić information content (AvgIpc) is 3.25. The number of amides is 1. The molecular formula is C19H17F2N3O5. The van der Waals surface area contributed by atoms with E-state index >= 15 is 0 Å². The second kappa shape index (κ2) is 7.38. The van der Waals surface area contributed by atoms with Gasteiger partial charge in [-0.2, -0.15) is 8.78 Å². The van der Waals surface area contributed by atoms with E-state index in [1.54, 1.807) is 11.5 Å². The van der Waals surface area contributed by atoms with E-state index in [-0.39, 0.29) is 34.0 Å². The van der Waals surface area contributed by atoms with Crippen LogP contribution in [0, 0.1) is 0 Å². The first-order chi connectivity index (χ1) is 13.7. The molecule has 29 heavy (non-hydrogen) atoms. The fourth-order valence-corrected chi connectivity index (χ4v) is 2.98. The number of carbonyl (C=O) groups is 2. The minimum atomic E-state index is -3.92. The number of aromatic hydroxyl groups is 1. The molecule has 4 N–H and O–H groups in total. The molecule has 0 aliphatic rings. The van der Waals surface area contributed by atoms with E-state index < -0.39 is 24.2 Å². The number of alkyl halides is 2. The number of rotatable bonds is 7. The fourth-order valence-electron chi connectivity index (χ4n) is 2.98. The molecule has 1 amide bonds. The Bertz CT molecular complexity index is 1070. The molecule has 0 saturated heterocycles. The van der Waals surface area contributed by atoms with Crippen molar-refractivity contribution in [2.24, 2.45) is 5.73 Å². The minimum Gasteiger partial charge on any atom is -0.508 e. The molecule has 2 aromatic heterocycles. The normalized spacial score (nSPS) is 11.6. The quantitative estimate of drug-likeness (QED) is 0.554. The average molecular weight is 405 g/mol. The topological polar surface area (TPSA) is 132 Å². The van der Waals surface area contributed by atoms with E-state index in [1.165, 1.54) is 36.5 Å². The lowest BCUT2D eigenvalue weighted by atomic mass is 9.98. The maximum absolute atomic E-state index is 14.0. The molecule has 1 aromatic carbocycles. The molecule has 0 atom stereocenters. The predicted octanol–water partition coefficient (Wildman–Crippen LogP) is 2.90. The fraction of sp³-hybridized carbons (Fsp3) is 0.211. The molecule has 3 rings (SSSR count). The number of carboxylic acids is 1. The Balaban J connectivity index is 2.29. The highest BCUT2D eigenvalue weighted by Gasteiger charge is 2.40. The number of halogens is 2. The summed E-state index contributed by atoms with van der Waals surface area (Å²) in [5, 5.41) is 22.9. The molecule has 0 aliphatic carbocycles. The Morgan fingerprint density at radius 3 is 2.45 bits per heavy atom. The Morgan fingerprint density at radius 2 is 1.90 bits per heavy atom. The number of benzene rings is 1. The van der Waals surface area contributed by atoms with Crippen LogP contribution in [0.1, 0.15) is 23.0 Å². The zero-order chi connectivity index (χ0) is 21.3. The van der Waals surface area contributed by atoms with Crippen molar-refractivity contribution in [3.8, 4) is 28.3 Å². The van der Waals surface area contributed by atoms with Gasteiger partial charge < -0.3 is 25.0 Å². The highest BCUT2D eigenvalue weighted by Crippen LogP contribution is 2.39. The minimum absolute atomic E-state index is 0.0147. The first-order valence-electron chi connectivity index (χ1n) is 8.54. The van der Waals surface area contributed by atoms with Crippen LogP contribution >= 0.6 is 0 Å². The third kappa shape index (κ3) is 3.68. The van der Waals surface area contributed by atoms with E-state index in [9.17, 15) is 28.6 Å². The molecule has 0 fully saturated rings. The molecule has 10 heteroatoms. The maximum Gasteiger partial charge on any atom is 0.337 e. The summed E-state index contributed by atoms with van der Waals surface area (Å²) < 4.78 is 34.7. The van der Waals surface area contributed by atoms with E-state index in [4.69, 9.17) is 10.3 Å². The molecule has 0 bridgehead atoms. The van der Waals surface area contributed by atoms with Crippen molar-refractivity contribution in [1.29, 1.82) is 0 Å². The van der Waals surface area contributed by atoms with Gasteiger partial charge in [0, 0.05) is 18.3 Å². The van der Waals surface area contributed by atoms with Crippen LogP contribution in [-0.4, -0.2) is 37.7 Å². The van der Waals surface area contributed by atoms with Crippen LogP contribution < -0.4 is 5.73 Å². The number of nitrogens with two attached hydrogens (primary N) is 1. The van der Waals surface area contributed by atoms with Gasteiger partial charge in [0.25, 0.3) is 5.91 Å². The number of primary amides is 1. The first kappa shape index (κ1) is 20.1. The van der Waals surface area contributed by atoms with Crippen LogP contribution in [-0.2, 0) is 17.8 Å². The van der Waals surface area contributed by atoms with Crippen molar-refractivity contribution in [3.63, 3.8) is 0 Å². The van der Waals surface area contributed by atoms with Crippen LogP contribution in [0.3, 0.4) is 0 Å². The monoisotopic (exact) mass is 405 g/mol. The SMILES string of the molecule is CCn1ccc(C(=O)O)c1-c1c(-c2ccc(O)cc2)noc1CC(F)(F)C(N)=O. The predicted molar refractivity (Wildman–Crippen MR) is 97.5 cm³/mol. The molecule has 0 unspecified atom stereocenters. The molecule has 0 saturated carbocycles. The molecular weight excluding hydrogens is 388 g/mol. The molecule has 8 nitrogen and oxygen atoms in total. The third-order valence-electron chi connectivity index (χ3n) is 4.42. The highest BCUT2D eigenvalue weighted by atomic mass is 19.3. The van der Waals surface area contributed by atoms with Gasteiger partial charge in [-0.3, -0.25) is 4.79 Å². The van der Waals surface area contributed by atoms with Gasteiger partial charge in [0.15, 0.2) is 5.76 Å². The first-order valence-corrected chi connectivity index (χ1v) is 8.54. The second-order valence-electron chi connectivity index (χ2n) is 6.29. The summed E-state index contributed by atoms with van der Waals surface area (Å²) in [4.78, 5) is 22.8. The highest BCUT2D eigenvalue weighted by molar-refractivity contribution is 5.98. The van der Waals surface area contributed by atoms with Gasteiger partial charge in [-0.05, 0) is 37.3 Å². The number of aromatic carboxylic acids is 1. The van der Waals surface area contributed by atoms with Crippen LogP contribution in [0.5, 0.6) is 5.75 Å². The maximum atomic E-state index is 14.0. The van der Waals surface area contributed by atoms with Crippen LogP contribution in [0.2, 0.25) is 0 Å². The van der Waals surface area contributed by atoms with Gasteiger partial charge in [-0.25, -0.2) is 4.79 Å². The largest absolute Gasteiger partial charge is 0.508 e. The van der Waals surface area contributed by atoms with Crippen LogP contribution in [0.25, 0.3) is 22.5 Å². The third-order valence-corrected chi connectivity index (χ3v) is 4.42. The number of phenols is 1. The number of aryl methyl sites for hydroxylation is 1. The number of phenolic OH excluding ortho intramolecular Hbond substituents is 1. The van der Waals surface area contributed by atoms with Crippen molar-refractivity contribution in [3.05, 3.63) is 47.9 Å². The molecule has 2 heterocycles. The van der Waals surface area contributed by atoms with E-state index in [1.807, 2.05) is 0 Å². The Kier molecular flexibility index (Phi) is 5.10. The molecule has 3 aromatic rings. The summed E-state index contributed by atoms with van der Waals surface area (Å²) in [5.41, 5.74) is 5.26. The molecule has 0 aliphatic heterocycles. The number of carboxylic acid groups (broad SMARTS) is 1. The Hall–Kier alpha value is -3.69. The Labute approximate surface area is 163 Å². The second-order valence-corrected chi connectivity index (χ2v) is 6.29. The lowest BCUT2D eigenvalue weighted by molar-refractivity contribution is -0.142. The van der Waals surface area contributed by atoms with Gasteiger partial charge in [-0.15, -0.1) is 0 Å². The van der Waals surface area contributed by atoms with Gasteiger partial charge in [0.1, 0.15) is 11.4 Å². The summed E-state index contributed by atoms with van der Waals surface area (Å²) in [5.74, 6) is -7.43. The lowest BCUT2D eigenvalue weighted by Crippen LogP contribution is -2.37. The number of hydrogen-bond acceptors (Lipinski definition) is 5. The van der Waals surface area contributed by atoms with Gasteiger partial charge in [0.2, 0.25) is 0 Å². The van der Waals surface area contributed by atoms with Crippen molar-refractivity contribution in [1.82, 2.24) is 9.72 Å². The van der Waals surface area contributed by atoms with E-state index in [0.29, 0.717) is 12.1 Å². The van der Waals surface area contributed by atoms with E-state index in [0.717, 1.165) is 0 Å². The van der Waals surface area contributed by atoms with Crippen molar-refractivity contribution in [2.45, 2.75) is 25.8 Å². The molecule has 0 spiro atoms. The zero-order valence-electron chi connectivity index (χ0n) is 15.2. The number of carbonyl (C=O) groups excluding carboxylic acids is 1. The molecule has 152 valence electrons. The summed E-state index contributed by atoms with van der Waals surface area (Å²) in [7, 11) is 0. The van der Waals surface area contributed by atoms with Crippen molar-refractivity contribution in [2.75, 3.05) is 0 Å². The van der Waals surface area contributed by atoms with Crippen LogP contribution in [0.4, 0.5) is 8.78 Å². The smallest absolute Gasteiger partial charge is 0.337 e.